The molecule has 6 rings (SSSR count). The van der Waals surface area contributed by atoms with Crippen molar-refractivity contribution in [2.75, 3.05) is 13.7 Å². The van der Waals surface area contributed by atoms with Gasteiger partial charge in [0.15, 0.2) is 0 Å². The van der Waals surface area contributed by atoms with Gasteiger partial charge in [-0.1, -0.05) is 103 Å². The van der Waals surface area contributed by atoms with Gasteiger partial charge in [-0.25, -0.2) is 0 Å². The lowest BCUT2D eigenvalue weighted by Crippen LogP contribution is -2.43. The van der Waals surface area contributed by atoms with Gasteiger partial charge in [0, 0.05) is 6.07 Å². The molecule has 0 amide bonds. The highest BCUT2D eigenvalue weighted by atomic mass is 32.1. The Hall–Kier alpha value is -4.09. The Balaban J connectivity index is 1.24. The molecule has 0 saturated carbocycles. The third kappa shape index (κ3) is 8.00. The molecule has 0 radical (unpaired) electrons. The lowest BCUT2D eigenvalue weighted by molar-refractivity contribution is -0.251. The van der Waals surface area contributed by atoms with Gasteiger partial charge < -0.3 is 33.5 Å². The third-order valence-electron chi connectivity index (χ3n) is 7.72. The van der Waals surface area contributed by atoms with Crippen molar-refractivity contribution in [1.29, 1.82) is 0 Å². The summed E-state index contributed by atoms with van der Waals surface area (Å²) in [5.74, 6) is -0.718. The Kier molecular flexibility index (Phi) is 10.7. The monoisotopic (exact) mass is 639 g/mol. The molecule has 0 bridgehead atoms. The second-order valence-electron chi connectivity index (χ2n) is 11.0. The predicted octanol–water partition coefficient (Wildman–Crippen LogP) is 6.66. The number of methoxy groups -OCH3 is 1. The van der Waals surface area contributed by atoms with E-state index in [-0.39, 0.29) is 13.2 Å². The van der Waals surface area contributed by atoms with Crippen LogP contribution in [0.5, 0.6) is 11.6 Å². The lowest BCUT2D eigenvalue weighted by Gasteiger charge is -2.29. The van der Waals surface area contributed by atoms with Crippen molar-refractivity contribution in [3.05, 3.63) is 148 Å². The molecule has 0 aliphatic carbocycles. The van der Waals surface area contributed by atoms with Gasteiger partial charge in [-0.3, -0.25) is 0 Å². The SMILES string of the molecule is COc1ccc(COc2cc(C3(O)O[C@H](COCc4ccccc4)[C@@H](OCc4ccccc4)[C@H]3OCc3ccccc3)sn2)cc1. The minimum absolute atomic E-state index is 0.182. The van der Waals surface area contributed by atoms with E-state index in [1.165, 1.54) is 0 Å². The molecule has 1 fully saturated rings. The van der Waals surface area contributed by atoms with Crippen LogP contribution < -0.4 is 9.47 Å². The van der Waals surface area contributed by atoms with Crippen molar-refractivity contribution in [3.63, 3.8) is 0 Å². The molecule has 1 aliphatic rings. The van der Waals surface area contributed by atoms with E-state index in [9.17, 15) is 5.11 Å². The summed E-state index contributed by atoms with van der Waals surface area (Å²) in [6.45, 7) is 1.44. The van der Waals surface area contributed by atoms with Crippen LogP contribution in [0.4, 0.5) is 0 Å². The summed E-state index contributed by atoms with van der Waals surface area (Å²) < 4.78 is 41.3. The Morgan fingerprint density at radius 3 is 1.89 bits per heavy atom. The van der Waals surface area contributed by atoms with Gasteiger partial charge in [0.05, 0.1) is 38.4 Å². The fourth-order valence-corrected chi connectivity index (χ4v) is 6.02. The zero-order valence-electron chi connectivity index (χ0n) is 25.6. The number of benzene rings is 4. The van der Waals surface area contributed by atoms with E-state index in [1.807, 2.05) is 115 Å². The second kappa shape index (κ2) is 15.5. The number of aromatic nitrogens is 1. The summed E-state index contributed by atoms with van der Waals surface area (Å²) in [5, 5.41) is 12.3. The summed E-state index contributed by atoms with van der Waals surface area (Å²) in [4.78, 5) is 0.453. The van der Waals surface area contributed by atoms with Gasteiger partial charge in [-0.2, -0.15) is 4.37 Å². The Bertz CT molecular complexity index is 1620. The number of hydrogen-bond acceptors (Lipinski definition) is 9. The smallest absolute Gasteiger partial charge is 0.234 e. The molecule has 1 aliphatic heterocycles. The number of aliphatic hydroxyl groups is 1. The molecule has 4 aromatic carbocycles. The van der Waals surface area contributed by atoms with Crippen LogP contribution in [0, 0.1) is 0 Å². The third-order valence-corrected chi connectivity index (χ3v) is 8.60. The van der Waals surface area contributed by atoms with Gasteiger partial charge in [0.1, 0.15) is 30.7 Å². The van der Waals surface area contributed by atoms with E-state index < -0.39 is 24.1 Å². The lowest BCUT2D eigenvalue weighted by atomic mass is 10.0. The molecule has 1 saturated heterocycles. The number of nitrogens with zero attached hydrogens (tertiary/aromatic N) is 1. The maximum atomic E-state index is 12.3. The van der Waals surface area contributed by atoms with Crippen molar-refractivity contribution in [2.45, 2.75) is 50.5 Å². The Morgan fingerprint density at radius 1 is 0.717 bits per heavy atom. The summed E-state index contributed by atoms with van der Waals surface area (Å²) in [6.07, 6.45) is -2.18. The van der Waals surface area contributed by atoms with Gasteiger partial charge in [0.25, 0.3) is 0 Å². The van der Waals surface area contributed by atoms with Crippen LogP contribution in [0.1, 0.15) is 27.1 Å². The zero-order valence-corrected chi connectivity index (χ0v) is 26.4. The fourth-order valence-electron chi connectivity index (χ4n) is 5.28. The Morgan fingerprint density at radius 2 is 1.28 bits per heavy atom. The zero-order chi connectivity index (χ0) is 31.6. The highest BCUT2D eigenvalue weighted by Crippen LogP contribution is 2.44. The Labute approximate surface area is 273 Å². The first-order valence-electron chi connectivity index (χ1n) is 15.2. The summed E-state index contributed by atoms with van der Waals surface area (Å²) in [7, 11) is 1.63. The summed E-state index contributed by atoms with van der Waals surface area (Å²) in [6, 6.07) is 39.0. The summed E-state index contributed by atoms with van der Waals surface area (Å²) >= 11 is 1.11. The fraction of sp³-hybridized carbons (Fsp3) is 0.270. The molecule has 1 unspecified atom stereocenters. The molecule has 0 spiro atoms. The minimum Gasteiger partial charge on any atom is -0.497 e. The second-order valence-corrected chi connectivity index (χ2v) is 11.8. The van der Waals surface area contributed by atoms with E-state index in [4.69, 9.17) is 28.4 Å². The van der Waals surface area contributed by atoms with Crippen LogP contribution >= 0.6 is 11.5 Å². The van der Waals surface area contributed by atoms with Crippen molar-refractivity contribution in [3.8, 4) is 11.6 Å². The number of ether oxygens (including phenoxy) is 6. The van der Waals surface area contributed by atoms with E-state index in [0.29, 0.717) is 30.6 Å². The first kappa shape index (κ1) is 31.9. The first-order chi connectivity index (χ1) is 22.6. The summed E-state index contributed by atoms with van der Waals surface area (Å²) in [5.41, 5.74) is 3.95. The molecule has 238 valence electrons. The van der Waals surface area contributed by atoms with Gasteiger partial charge >= 0.3 is 0 Å². The highest BCUT2D eigenvalue weighted by Gasteiger charge is 2.58. The predicted molar refractivity (Wildman–Crippen MR) is 174 cm³/mol. The van der Waals surface area contributed by atoms with Crippen molar-refractivity contribution in [2.24, 2.45) is 0 Å². The van der Waals surface area contributed by atoms with Crippen LogP contribution in [0.3, 0.4) is 0 Å². The topological polar surface area (TPSA) is 88.5 Å². The van der Waals surface area contributed by atoms with Crippen LogP contribution in [-0.4, -0.2) is 41.5 Å². The van der Waals surface area contributed by atoms with Crippen molar-refractivity contribution in [1.82, 2.24) is 4.37 Å². The average Bonchev–Trinajstić information content (AvgIpc) is 3.70. The molecule has 4 atom stereocenters. The molecule has 1 aromatic heterocycles. The van der Waals surface area contributed by atoms with E-state index in [1.54, 1.807) is 13.2 Å². The number of rotatable bonds is 15. The van der Waals surface area contributed by atoms with Crippen LogP contribution in [0.25, 0.3) is 0 Å². The highest BCUT2D eigenvalue weighted by molar-refractivity contribution is 7.06. The largest absolute Gasteiger partial charge is 0.497 e. The molecule has 8 nitrogen and oxygen atoms in total. The van der Waals surface area contributed by atoms with E-state index >= 15 is 0 Å². The molecular weight excluding hydrogens is 602 g/mol. The molecule has 5 aromatic rings. The molecule has 46 heavy (non-hydrogen) atoms. The molecular formula is C37H37NO7S. The standard InChI is InChI=1S/C37H37NO7S/c1-40-31-19-17-30(18-20-31)23-42-34-21-33(46-38-34)37(39)36(44-25-29-15-9-4-10-16-29)35(43-24-28-13-7-3-8-14-28)32(45-37)26-41-22-27-11-5-2-6-12-27/h2-21,32,35-36,39H,22-26H2,1H3/t32-,35-,36-,37?/m1/s1. The molecule has 9 heteroatoms. The maximum absolute atomic E-state index is 12.3. The van der Waals surface area contributed by atoms with Crippen LogP contribution in [-0.2, 0) is 51.2 Å². The van der Waals surface area contributed by atoms with Gasteiger partial charge in [-0.15, -0.1) is 0 Å². The van der Waals surface area contributed by atoms with E-state index in [2.05, 4.69) is 4.37 Å². The van der Waals surface area contributed by atoms with Gasteiger partial charge in [-0.05, 0) is 45.9 Å². The first-order valence-corrected chi connectivity index (χ1v) is 15.9. The normalized spacial score (nSPS) is 20.9. The number of hydrogen-bond donors (Lipinski definition) is 1. The van der Waals surface area contributed by atoms with Crippen molar-refractivity contribution < 1.29 is 33.5 Å². The maximum Gasteiger partial charge on any atom is 0.234 e. The van der Waals surface area contributed by atoms with Crippen molar-refractivity contribution >= 4 is 11.5 Å². The minimum atomic E-state index is -1.86. The molecule has 1 N–H and O–H groups in total. The van der Waals surface area contributed by atoms with Crippen LogP contribution in [0.2, 0.25) is 0 Å². The van der Waals surface area contributed by atoms with E-state index in [0.717, 1.165) is 39.5 Å². The average molecular weight is 640 g/mol. The van der Waals surface area contributed by atoms with Crippen LogP contribution in [0.15, 0.2) is 121 Å². The molecule has 2 heterocycles. The van der Waals surface area contributed by atoms with Gasteiger partial charge in [0.2, 0.25) is 11.7 Å². The quantitative estimate of drug-likeness (QED) is 0.136.